The molecule has 2 heterocycles. The second kappa shape index (κ2) is 4.57. The molecule has 1 N–H and O–H groups in total. The maximum atomic E-state index is 11.8. The van der Waals surface area contributed by atoms with E-state index in [0.717, 1.165) is 29.7 Å². The standard InChI is InChI=1S/C13H17N3O/c1-4-6-10-15-11(13(17)14-3)12-9(2)7-5-8-16(10)12/h5,7-8H,4,6H2,1-3H3,(H,14,17). The number of nitrogens with zero attached hydrogens (tertiary/aromatic N) is 2. The van der Waals surface area contributed by atoms with E-state index in [1.807, 2.05) is 29.7 Å². The predicted octanol–water partition coefficient (Wildman–Crippen LogP) is 1.95. The van der Waals surface area contributed by atoms with Gasteiger partial charge >= 0.3 is 0 Å². The number of amides is 1. The second-order valence-corrected chi connectivity index (χ2v) is 4.12. The molecule has 0 atom stereocenters. The first-order valence-corrected chi connectivity index (χ1v) is 5.87. The van der Waals surface area contributed by atoms with E-state index in [0.29, 0.717) is 5.69 Å². The lowest BCUT2D eigenvalue weighted by molar-refractivity contribution is 0.0960. The third-order valence-electron chi connectivity index (χ3n) is 2.85. The van der Waals surface area contributed by atoms with Crippen LogP contribution in [0.4, 0.5) is 0 Å². The van der Waals surface area contributed by atoms with Crippen LogP contribution in [0.1, 0.15) is 35.2 Å². The number of imidazole rings is 1. The molecule has 1 amide bonds. The molecule has 2 aromatic rings. The number of carbonyl (C=O) groups excluding carboxylic acids is 1. The molecule has 0 aromatic carbocycles. The molecule has 17 heavy (non-hydrogen) atoms. The number of aryl methyl sites for hydroxylation is 2. The Bertz CT molecular complexity index is 557. The average molecular weight is 231 g/mol. The van der Waals surface area contributed by atoms with Gasteiger partial charge in [-0.05, 0) is 25.0 Å². The molecule has 0 aliphatic carbocycles. The van der Waals surface area contributed by atoms with Crippen molar-refractivity contribution in [2.45, 2.75) is 26.7 Å². The normalized spacial score (nSPS) is 10.8. The van der Waals surface area contributed by atoms with Crippen molar-refractivity contribution >= 4 is 11.4 Å². The number of aromatic nitrogens is 2. The lowest BCUT2D eigenvalue weighted by Gasteiger charge is -2.02. The number of carbonyl (C=O) groups is 1. The Hall–Kier alpha value is -1.84. The van der Waals surface area contributed by atoms with Gasteiger partial charge in [0.25, 0.3) is 5.91 Å². The Morgan fingerprint density at radius 1 is 1.53 bits per heavy atom. The molecule has 2 aromatic heterocycles. The SMILES string of the molecule is CCCc1nc(C(=O)NC)c2c(C)cccn12. The van der Waals surface area contributed by atoms with Gasteiger partial charge in [-0.15, -0.1) is 0 Å². The third kappa shape index (κ3) is 1.90. The van der Waals surface area contributed by atoms with Crippen molar-refractivity contribution in [2.75, 3.05) is 7.05 Å². The van der Waals surface area contributed by atoms with Crippen molar-refractivity contribution in [1.82, 2.24) is 14.7 Å². The van der Waals surface area contributed by atoms with Crippen molar-refractivity contribution in [3.05, 3.63) is 35.4 Å². The zero-order valence-electron chi connectivity index (χ0n) is 10.4. The van der Waals surface area contributed by atoms with Crippen LogP contribution in [0, 0.1) is 6.92 Å². The van der Waals surface area contributed by atoms with Gasteiger partial charge in [0.2, 0.25) is 0 Å². The van der Waals surface area contributed by atoms with E-state index in [9.17, 15) is 4.79 Å². The van der Waals surface area contributed by atoms with E-state index in [4.69, 9.17) is 0 Å². The van der Waals surface area contributed by atoms with Gasteiger partial charge in [-0.2, -0.15) is 0 Å². The van der Waals surface area contributed by atoms with Gasteiger partial charge in [0.15, 0.2) is 5.69 Å². The molecule has 0 spiro atoms. The number of nitrogens with one attached hydrogen (secondary N) is 1. The quantitative estimate of drug-likeness (QED) is 0.877. The summed E-state index contributed by atoms with van der Waals surface area (Å²) < 4.78 is 2.02. The number of pyridine rings is 1. The van der Waals surface area contributed by atoms with E-state index >= 15 is 0 Å². The third-order valence-corrected chi connectivity index (χ3v) is 2.85. The van der Waals surface area contributed by atoms with Gasteiger partial charge in [0.05, 0.1) is 5.52 Å². The Labute approximate surface area is 101 Å². The number of hydrogen-bond acceptors (Lipinski definition) is 2. The minimum atomic E-state index is -0.126. The molecule has 0 fully saturated rings. The lowest BCUT2D eigenvalue weighted by Crippen LogP contribution is -2.18. The van der Waals surface area contributed by atoms with E-state index in [2.05, 4.69) is 17.2 Å². The summed E-state index contributed by atoms with van der Waals surface area (Å²) in [5.74, 6) is 0.823. The van der Waals surface area contributed by atoms with Crippen molar-refractivity contribution in [3.8, 4) is 0 Å². The Morgan fingerprint density at radius 2 is 2.29 bits per heavy atom. The minimum absolute atomic E-state index is 0.126. The fourth-order valence-corrected chi connectivity index (χ4v) is 2.05. The largest absolute Gasteiger partial charge is 0.354 e. The monoisotopic (exact) mass is 231 g/mol. The summed E-state index contributed by atoms with van der Waals surface area (Å²) in [6.07, 6.45) is 3.86. The molecule has 0 bridgehead atoms. The van der Waals surface area contributed by atoms with Crippen molar-refractivity contribution in [1.29, 1.82) is 0 Å². The van der Waals surface area contributed by atoms with Gasteiger partial charge in [-0.3, -0.25) is 4.79 Å². The van der Waals surface area contributed by atoms with Crippen molar-refractivity contribution < 1.29 is 4.79 Å². The molecule has 0 aliphatic rings. The van der Waals surface area contributed by atoms with Crippen LogP contribution in [0.3, 0.4) is 0 Å². The summed E-state index contributed by atoms with van der Waals surface area (Å²) in [5, 5.41) is 2.64. The first-order valence-electron chi connectivity index (χ1n) is 5.87. The van der Waals surface area contributed by atoms with Gasteiger partial charge in [-0.1, -0.05) is 13.0 Å². The van der Waals surface area contributed by atoms with Gasteiger partial charge in [-0.25, -0.2) is 4.98 Å². The maximum absolute atomic E-state index is 11.8. The molecular formula is C13H17N3O. The zero-order valence-corrected chi connectivity index (χ0v) is 10.4. The van der Waals surface area contributed by atoms with E-state index in [1.54, 1.807) is 7.05 Å². The molecular weight excluding hydrogens is 214 g/mol. The summed E-state index contributed by atoms with van der Waals surface area (Å²) in [7, 11) is 1.63. The van der Waals surface area contributed by atoms with Crippen LogP contribution in [-0.4, -0.2) is 22.3 Å². The first kappa shape index (κ1) is 11.6. The van der Waals surface area contributed by atoms with E-state index < -0.39 is 0 Å². The topological polar surface area (TPSA) is 46.4 Å². The second-order valence-electron chi connectivity index (χ2n) is 4.12. The molecule has 0 saturated carbocycles. The summed E-state index contributed by atoms with van der Waals surface area (Å²) in [5.41, 5.74) is 2.50. The minimum Gasteiger partial charge on any atom is -0.354 e. The van der Waals surface area contributed by atoms with Crippen LogP contribution >= 0.6 is 0 Å². The van der Waals surface area contributed by atoms with Crippen LogP contribution in [0.15, 0.2) is 18.3 Å². The molecule has 0 radical (unpaired) electrons. The smallest absolute Gasteiger partial charge is 0.271 e. The molecule has 0 unspecified atom stereocenters. The van der Waals surface area contributed by atoms with E-state index in [1.165, 1.54) is 0 Å². The average Bonchev–Trinajstić information content (AvgIpc) is 2.69. The highest BCUT2D eigenvalue weighted by Gasteiger charge is 2.17. The van der Waals surface area contributed by atoms with Crippen LogP contribution < -0.4 is 5.32 Å². The highest BCUT2D eigenvalue weighted by molar-refractivity contribution is 5.99. The molecule has 2 rings (SSSR count). The van der Waals surface area contributed by atoms with Crippen LogP contribution in [-0.2, 0) is 6.42 Å². The van der Waals surface area contributed by atoms with Gasteiger partial charge in [0, 0.05) is 19.7 Å². The highest BCUT2D eigenvalue weighted by Crippen LogP contribution is 2.18. The summed E-state index contributed by atoms with van der Waals surface area (Å²) in [4.78, 5) is 16.3. The number of hydrogen-bond donors (Lipinski definition) is 1. The summed E-state index contributed by atoms with van der Waals surface area (Å²) >= 11 is 0. The number of fused-ring (bicyclic) bond motifs is 1. The Balaban J connectivity index is 2.71. The van der Waals surface area contributed by atoms with Crippen molar-refractivity contribution in [2.24, 2.45) is 0 Å². The van der Waals surface area contributed by atoms with Crippen LogP contribution in [0.5, 0.6) is 0 Å². The number of rotatable bonds is 3. The Kier molecular flexibility index (Phi) is 3.13. The fourth-order valence-electron chi connectivity index (χ4n) is 2.05. The van der Waals surface area contributed by atoms with Crippen LogP contribution in [0.2, 0.25) is 0 Å². The molecule has 90 valence electrons. The molecule has 0 saturated heterocycles. The highest BCUT2D eigenvalue weighted by atomic mass is 16.1. The fraction of sp³-hybridized carbons (Fsp3) is 0.385. The van der Waals surface area contributed by atoms with Crippen molar-refractivity contribution in [3.63, 3.8) is 0 Å². The zero-order chi connectivity index (χ0) is 12.4. The first-order chi connectivity index (χ1) is 8.19. The van der Waals surface area contributed by atoms with Crippen LogP contribution in [0.25, 0.3) is 5.52 Å². The molecule has 0 aliphatic heterocycles. The maximum Gasteiger partial charge on any atom is 0.271 e. The molecule has 4 heteroatoms. The predicted molar refractivity (Wildman–Crippen MR) is 67.3 cm³/mol. The van der Waals surface area contributed by atoms with Gasteiger partial charge in [0.1, 0.15) is 5.82 Å². The Morgan fingerprint density at radius 3 is 2.94 bits per heavy atom. The van der Waals surface area contributed by atoms with E-state index in [-0.39, 0.29) is 5.91 Å². The molecule has 4 nitrogen and oxygen atoms in total. The summed E-state index contributed by atoms with van der Waals surface area (Å²) in [6.45, 7) is 4.11. The summed E-state index contributed by atoms with van der Waals surface area (Å²) in [6, 6.07) is 3.98. The lowest BCUT2D eigenvalue weighted by atomic mass is 10.2. The van der Waals surface area contributed by atoms with Gasteiger partial charge < -0.3 is 9.72 Å².